The van der Waals surface area contributed by atoms with Crippen molar-refractivity contribution in [2.24, 2.45) is 0 Å². The van der Waals surface area contributed by atoms with Crippen molar-refractivity contribution in [3.8, 4) is 0 Å². The van der Waals surface area contributed by atoms with Gasteiger partial charge in [-0.15, -0.1) is 0 Å². The highest BCUT2D eigenvalue weighted by molar-refractivity contribution is 9.10. The molecule has 0 unspecified atom stereocenters. The van der Waals surface area contributed by atoms with Gasteiger partial charge in [-0.1, -0.05) is 29.8 Å². The lowest BCUT2D eigenvalue weighted by atomic mass is 10.3. The Morgan fingerprint density at radius 1 is 1.26 bits per heavy atom. The zero-order valence-electron chi connectivity index (χ0n) is 9.92. The number of halogens is 2. The molecule has 4 nitrogen and oxygen atoms in total. The Kier molecular flexibility index (Phi) is 4.13. The van der Waals surface area contributed by atoms with Crippen LogP contribution in [0.3, 0.4) is 0 Å². The molecule has 0 aliphatic rings. The fourth-order valence-corrected chi connectivity index (χ4v) is 3.25. The maximum atomic E-state index is 12.4. The van der Waals surface area contributed by atoms with Crippen LogP contribution in [0.1, 0.15) is 0 Å². The molecule has 2 rings (SSSR count). The third-order valence-electron chi connectivity index (χ3n) is 2.55. The van der Waals surface area contributed by atoms with Crippen molar-refractivity contribution in [2.45, 2.75) is 4.90 Å². The van der Waals surface area contributed by atoms with Crippen LogP contribution in [0.25, 0.3) is 0 Å². The number of sulfonamides is 1. The second-order valence-electron chi connectivity index (χ2n) is 3.75. The van der Waals surface area contributed by atoms with E-state index in [1.807, 2.05) is 6.07 Å². The molecule has 0 amide bonds. The van der Waals surface area contributed by atoms with Crippen molar-refractivity contribution < 1.29 is 8.42 Å². The van der Waals surface area contributed by atoms with Gasteiger partial charge in [0.1, 0.15) is 10.0 Å². The quantitative estimate of drug-likeness (QED) is 0.788. The number of pyridine rings is 1. The molecule has 0 atom stereocenters. The summed E-state index contributed by atoms with van der Waals surface area (Å²) >= 11 is 8.93. The zero-order chi connectivity index (χ0) is 14.0. The van der Waals surface area contributed by atoms with Gasteiger partial charge in [0.2, 0.25) is 0 Å². The Bertz CT molecular complexity index is 692. The van der Waals surface area contributed by atoms with Crippen molar-refractivity contribution in [1.82, 2.24) is 4.98 Å². The molecule has 100 valence electrons. The molecule has 2 aromatic rings. The molecule has 0 fully saturated rings. The number of hydrogen-bond acceptors (Lipinski definition) is 3. The number of para-hydroxylation sites is 1. The highest BCUT2D eigenvalue weighted by atomic mass is 79.9. The van der Waals surface area contributed by atoms with E-state index in [2.05, 4.69) is 20.9 Å². The standard InChI is InChI=1S/C12H10BrClN2O2S/c1-16(9-5-3-2-4-6-9)19(17,18)10-7-11(13)12(14)15-8-10/h2-8H,1H3. The lowest BCUT2D eigenvalue weighted by Gasteiger charge is -2.19. The van der Waals surface area contributed by atoms with Gasteiger partial charge in [0.15, 0.2) is 0 Å². The predicted molar refractivity (Wildman–Crippen MR) is 79.0 cm³/mol. The Morgan fingerprint density at radius 2 is 1.89 bits per heavy atom. The maximum Gasteiger partial charge on any atom is 0.265 e. The van der Waals surface area contributed by atoms with E-state index < -0.39 is 10.0 Å². The highest BCUT2D eigenvalue weighted by Crippen LogP contribution is 2.26. The molecule has 19 heavy (non-hydrogen) atoms. The van der Waals surface area contributed by atoms with Crippen molar-refractivity contribution in [3.05, 3.63) is 52.2 Å². The van der Waals surface area contributed by atoms with E-state index >= 15 is 0 Å². The summed E-state index contributed by atoms with van der Waals surface area (Å²) in [6.07, 6.45) is 1.24. The molecular formula is C12H10BrClN2O2S. The van der Waals surface area contributed by atoms with Gasteiger partial charge in [0, 0.05) is 13.2 Å². The van der Waals surface area contributed by atoms with Crippen LogP contribution in [0.2, 0.25) is 5.15 Å². The summed E-state index contributed by atoms with van der Waals surface area (Å²) < 4.78 is 26.5. The molecule has 1 aromatic heterocycles. The zero-order valence-corrected chi connectivity index (χ0v) is 13.1. The second kappa shape index (κ2) is 5.48. The van der Waals surface area contributed by atoms with Gasteiger partial charge in [-0.25, -0.2) is 13.4 Å². The molecular weight excluding hydrogens is 352 g/mol. The third kappa shape index (κ3) is 2.91. The molecule has 0 saturated carbocycles. The maximum absolute atomic E-state index is 12.4. The van der Waals surface area contributed by atoms with E-state index in [4.69, 9.17) is 11.6 Å². The fourth-order valence-electron chi connectivity index (χ4n) is 1.48. The van der Waals surface area contributed by atoms with Crippen molar-refractivity contribution in [2.75, 3.05) is 11.4 Å². The van der Waals surface area contributed by atoms with Gasteiger partial charge in [0.05, 0.1) is 10.2 Å². The van der Waals surface area contributed by atoms with E-state index in [1.165, 1.54) is 23.6 Å². The SMILES string of the molecule is CN(c1ccccc1)S(=O)(=O)c1cnc(Cl)c(Br)c1. The summed E-state index contributed by atoms with van der Waals surface area (Å²) in [5.74, 6) is 0. The molecule has 0 aliphatic heterocycles. The summed E-state index contributed by atoms with van der Waals surface area (Å²) in [7, 11) is -2.16. The van der Waals surface area contributed by atoms with Gasteiger partial charge < -0.3 is 0 Å². The smallest absolute Gasteiger partial charge is 0.265 e. The number of hydrogen-bond donors (Lipinski definition) is 0. The molecule has 7 heteroatoms. The molecule has 0 saturated heterocycles. The van der Waals surface area contributed by atoms with Crippen LogP contribution in [0.5, 0.6) is 0 Å². The van der Waals surface area contributed by atoms with Gasteiger partial charge >= 0.3 is 0 Å². The fraction of sp³-hybridized carbons (Fsp3) is 0.0833. The monoisotopic (exact) mass is 360 g/mol. The first-order chi connectivity index (χ1) is 8.93. The third-order valence-corrected chi connectivity index (χ3v) is 5.43. The van der Waals surface area contributed by atoms with Gasteiger partial charge in [-0.2, -0.15) is 0 Å². The van der Waals surface area contributed by atoms with Gasteiger partial charge in [0.25, 0.3) is 10.0 Å². The molecule has 1 heterocycles. The molecule has 1 aromatic carbocycles. The van der Waals surface area contributed by atoms with E-state index in [0.717, 1.165) is 0 Å². The Labute approximate surface area is 125 Å². The summed E-state index contributed by atoms with van der Waals surface area (Å²) in [5.41, 5.74) is 0.577. The Morgan fingerprint density at radius 3 is 2.47 bits per heavy atom. The summed E-state index contributed by atoms with van der Waals surface area (Å²) in [4.78, 5) is 3.91. The molecule has 0 bridgehead atoms. The van der Waals surface area contributed by atoms with E-state index in [0.29, 0.717) is 10.2 Å². The lowest BCUT2D eigenvalue weighted by molar-refractivity contribution is 0.594. The van der Waals surface area contributed by atoms with Crippen LogP contribution in [0, 0.1) is 0 Å². The first-order valence-corrected chi connectivity index (χ1v) is 7.89. The van der Waals surface area contributed by atoms with Crippen molar-refractivity contribution >= 4 is 43.2 Å². The van der Waals surface area contributed by atoms with Crippen LogP contribution in [0.4, 0.5) is 5.69 Å². The first kappa shape index (κ1) is 14.3. The molecule has 0 aliphatic carbocycles. The summed E-state index contributed by atoms with van der Waals surface area (Å²) in [5, 5.41) is 0.223. The first-order valence-electron chi connectivity index (χ1n) is 5.28. The molecule has 0 N–H and O–H groups in total. The average Bonchev–Trinajstić information content (AvgIpc) is 2.41. The number of rotatable bonds is 3. The summed E-state index contributed by atoms with van der Waals surface area (Å²) in [6.45, 7) is 0. The summed E-state index contributed by atoms with van der Waals surface area (Å²) in [6, 6.07) is 10.2. The minimum atomic E-state index is -3.65. The normalized spacial score (nSPS) is 11.3. The van der Waals surface area contributed by atoms with Gasteiger partial charge in [-0.3, -0.25) is 4.31 Å². The van der Waals surface area contributed by atoms with E-state index in [1.54, 1.807) is 24.3 Å². The van der Waals surface area contributed by atoms with Crippen molar-refractivity contribution in [3.63, 3.8) is 0 Å². The van der Waals surface area contributed by atoms with E-state index in [9.17, 15) is 8.42 Å². The van der Waals surface area contributed by atoms with Gasteiger partial charge in [-0.05, 0) is 34.1 Å². The highest BCUT2D eigenvalue weighted by Gasteiger charge is 2.22. The minimum absolute atomic E-state index is 0.0788. The Balaban J connectivity index is 2.45. The lowest BCUT2D eigenvalue weighted by Crippen LogP contribution is -2.26. The van der Waals surface area contributed by atoms with Crippen LogP contribution in [-0.2, 0) is 10.0 Å². The number of nitrogens with zero attached hydrogens (tertiary/aromatic N) is 2. The van der Waals surface area contributed by atoms with Crippen LogP contribution < -0.4 is 4.31 Å². The topological polar surface area (TPSA) is 50.3 Å². The minimum Gasteiger partial charge on any atom is -0.269 e. The van der Waals surface area contributed by atoms with Crippen molar-refractivity contribution in [1.29, 1.82) is 0 Å². The Hall–Kier alpha value is -1.11. The van der Waals surface area contributed by atoms with E-state index in [-0.39, 0.29) is 10.0 Å². The second-order valence-corrected chi connectivity index (χ2v) is 6.93. The predicted octanol–water partition coefficient (Wildman–Crippen LogP) is 3.32. The number of benzene rings is 1. The van der Waals surface area contributed by atoms with Crippen LogP contribution >= 0.6 is 27.5 Å². The van der Waals surface area contributed by atoms with Crippen LogP contribution in [-0.4, -0.2) is 20.4 Å². The number of aromatic nitrogens is 1. The van der Waals surface area contributed by atoms with Crippen LogP contribution in [0.15, 0.2) is 52.0 Å². The number of anilines is 1. The average molecular weight is 362 g/mol. The molecule has 0 spiro atoms. The largest absolute Gasteiger partial charge is 0.269 e. The molecule has 0 radical (unpaired) electrons.